The summed E-state index contributed by atoms with van der Waals surface area (Å²) in [6.45, 7) is 16.4. The predicted octanol–water partition coefficient (Wildman–Crippen LogP) is 3.19. The third-order valence-electron chi connectivity index (χ3n) is 3.23. The molecule has 0 amide bonds. The van der Waals surface area contributed by atoms with Crippen LogP contribution in [-0.4, -0.2) is 22.4 Å². The molecule has 1 rings (SSSR count). The molecule has 0 aliphatic carbocycles. The number of rotatable bonds is 5. The van der Waals surface area contributed by atoms with E-state index in [1.54, 1.807) is 0 Å². The largest absolute Gasteiger partial charge is 0.315 e. The highest BCUT2D eigenvalue weighted by atomic mass is 15.3. The van der Waals surface area contributed by atoms with Gasteiger partial charge in [-0.3, -0.25) is 4.68 Å². The van der Waals surface area contributed by atoms with Gasteiger partial charge >= 0.3 is 0 Å². The Morgan fingerprint density at radius 3 is 2.28 bits per heavy atom. The molecule has 0 atom stereocenters. The van der Waals surface area contributed by atoms with Gasteiger partial charge < -0.3 is 5.32 Å². The summed E-state index contributed by atoms with van der Waals surface area (Å²) in [5.74, 6) is 0. The van der Waals surface area contributed by atoms with Crippen LogP contribution < -0.4 is 5.32 Å². The maximum absolute atomic E-state index is 4.69. The lowest BCUT2D eigenvalue weighted by molar-refractivity contribution is 0.346. The first-order valence-electron chi connectivity index (χ1n) is 7.02. The highest BCUT2D eigenvalue weighted by Crippen LogP contribution is 2.22. The van der Waals surface area contributed by atoms with Crippen LogP contribution in [-0.2, 0) is 12.0 Å². The van der Waals surface area contributed by atoms with Gasteiger partial charge in [0.2, 0.25) is 0 Å². The smallest absolute Gasteiger partial charge is 0.0628 e. The lowest BCUT2D eigenvalue weighted by Gasteiger charge is -2.21. The van der Waals surface area contributed by atoms with Crippen molar-refractivity contribution in [3.05, 3.63) is 17.0 Å². The molecule has 1 N–H and O–H groups in total. The Morgan fingerprint density at radius 2 is 1.83 bits per heavy atom. The van der Waals surface area contributed by atoms with Crippen LogP contribution in [0.15, 0.2) is 0 Å². The fourth-order valence-corrected chi connectivity index (χ4v) is 2.35. The molecule has 3 nitrogen and oxygen atoms in total. The summed E-state index contributed by atoms with van der Waals surface area (Å²) in [7, 11) is 0. The van der Waals surface area contributed by atoms with Gasteiger partial charge in [-0.05, 0) is 59.6 Å². The van der Waals surface area contributed by atoms with E-state index in [4.69, 9.17) is 5.10 Å². The van der Waals surface area contributed by atoms with Crippen molar-refractivity contribution in [1.82, 2.24) is 15.1 Å². The minimum Gasteiger partial charge on any atom is -0.315 e. The maximum atomic E-state index is 4.69. The lowest BCUT2D eigenvalue weighted by atomic mass is 10.1. The second-order valence-corrected chi connectivity index (χ2v) is 6.44. The van der Waals surface area contributed by atoms with E-state index in [1.165, 1.54) is 23.4 Å². The van der Waals surface area contributed by atoms with Gasteiger partial charge in [0.1, 0.15) is 0 Å². The molecule has 3 heteroatoms. The van der Waals surface area contributed by atoms with Gasteiger partial charge in [-0.25, -0.2) is 0 Å². The summed E-state index contributed by atoms with van der Waals surface area (Å²) in [4.78, 5) is 0. The topological polar surface area (TPSA) is 29.9 Å². The molecule has 0 aromatic carbocycles. The van der Waals surface area contributed by atoms with E-state index in [9.17, 15) is 0 Å². The average Bonchev–Trinajstić information content (AvgIpc) is 2.50. The van der Waals surface area contributed by atoms with Crippen molar-refractivity contribution in [3.63, 3.8) is 0 Å². The minimum absolute atomic E-state index is 0.0727. The van der Waals surface area contributed by atoms with Gasteiger partial charge in [0.25, 0.3) is 0 Å². The van der Waals surface area contributed by atoms with Gasteiger partial charge in [0.05, 0.1) is 11.2 Å². The Kier molecular flexibility index (Phi) is 4.97. The van der Waals surface area contributed by atoms with E-state index in [0.717, 1.165) is 13.0 Å². The van der Waals surface area contributed by atoms with Crippen molar-refractivity contribution in [3.8, 4) is 0 Å². The zero-order valence-corrected chi connectivity index (χ0v) is 13.1. The Balaban J connectivity index is 2.69. The van der Waals surface area contributed by atoms with E-state index in [1.807, 2.05) is 0 Å². The number of aryl methyl sites for hydroxylation is 1. The summed E-state index contributed by atoms with van der Waals surface area (Å²) in [6, 6.07) is 0.574. The summed E-state index contributed by atoms with van der Waals surface area (Å²) in [6.07, 6.45) is 2.29. The Morgan fingerprint density at radius 1 is 1.22 bits per heavy atom. The SMILES string of the molecule is Cc1nn(C(C)(C)C)c(C)c1CCCNC(C)C. The number of hydrogen-bond acceptors (Lipinski definition) is 2. The van der Waals surface area contributed by atoms with Gasteiger partial charge in [-0.2, -0.15) is 5.10 Å². The fraction of sp³-hybridized carbons (Fsp3) is 0.800. The number of hydrogen-bond donors (Lipinski definition) is 1. The number of aromatic nitrogens is 2. The fourth-order valence-electron chi connectivity index (χ4n) is 2.35. The molecule has 0 saturated heterocycles. The first-order valence-corrected chi connectivity index (χ1v) is 7.02. The van der Waals surface area contributed by atoms with Crippen LogP contribution in [0.2, 0.25) is 0 Å². The van der Waals surface area contributed by atoms with Crippen molar-refractivity contribution < 1.29 is 0 Å². The Bertz CT molecular complexity index is 383. The highest BCUT2D eigenvalue weighted by Gasteiger charge is 2.20. The lowest BCUT2D eigenvalue weighted by Crippen LogP contribution is -2.25. The molecule has 1 aromatic heterocycles. The summed E-state index contributed by atoms with van der Waals surface area (Å²) < 4.78 is 2.16. The molecule has 18 heavy (non-hydrogen) atoms. The van der Waals surface area contributed by atoms with Crippen LogP contribution in [0.3, 0.4) is 0 Å². The molecule has 1 aromatic rings. The summed E-state index contributed by atoms with van der Waals surface area (Å²) >= 11 is 0. The van der Waals surface area contributed by atoms with Gasteiger partial charge in [0.15, 0.2) is 0 Å². The Hall–Kier alpha value is -0.830. The number of nitrogens with one attached hydrogen (secondary N) is 1. The molecule has 0 bridgehead atoms. The molecular formula is C15H29N3. The van der Waals surface area contributed by atoms with Gasteiger partial charge in [-0.1, -0.05) is 13.8 Å². The molecule has 0 radical (unpaired) electrons. The monoisotopic (exact) mass is 251 g/mol. The molecule has 0 saturated carbocycles. The van der Waals surface area contributed by atoms with Crippen molar-refractivity contribution in [2.75, 3.05) is 6.54 Å². The van der Waals surface area contributed by atoms with Crippen LogP contribution >= 0.6 is 0 Å². The molecule has 0 unspecified atom stereocenters. The second-order valence-electron chi connectivity index (χ2n) is 6.44. The first kappa shape index (κ1) is 15.2. The summed E-state index contributed by atoms with van der Waals surface area (Å²) in [5.41, 5.74) is 4.01. The van der Waals surface area contributed by atoms with Crippen LogP contribution in [0.5, 0.6) is 0 Å². The zero-order valence-electron chi connectivity index (χ0n) is 13.1. The zero-order chi connectivity index (χ0) is 13.9. The standard InChI is InChI=1S/C15H29N3/c1-11(2)16-10-8-9-14-12(3)17-18(13(14)4)15(5,6)7/h11,16H,8-10H2,1-7H3. The minimum atomic E-state index is 0.0727. The predicted molar refractivity (Wildman–Crippen MR) is 78.2 cm³/mol. The van der Waals surface area contributed by atoms with E-state index < -0.39 is 0 Å². The van der Waals surface area contributed by atoms with Crippen LogP contribution in [0.25, 0.3) is 0 Å². The first-order chi connectivity index (χ1) is 8.23. The quantitative estimate of drug-likeness (QED) is 0.815. The van der Waals surface area contributed by atoms with E-state index in [2.05, 4.69) is 58.5 Å². The van der Waals surface area contributed by atoms with E-state index in [-0.39, 0.29) is 5.54 Å². The van der Waals surface area contributed by atoms with Gasteiger partial charge in [-0.15, -0.1) is 0 Å². The van der Waals surface area contributed by atoms with Crippen molar-refractivity contribution in [2.45, 2.75) is 72.9 Å². The van der Waals surface area contributed by atoms with Crippen molar-refractivity contribution >= 4 is 0 Å². The molecule has 0 fully saturated rings. The van der Waals surface area contributed by atoms with Crippen LogP contribution in [0.4, 0.5) is 0 Å². The molecule has 0 aliphatic rings. The van der Waals surface area contributed by atoms with Crippen LogP contribution in [0.1, 0.15) is 58.0 Å². The number of nitrogens with zero attached hydrogens (tertiary/aromatic N) is 2. The van der Waals surface area contributed by atoms with Gasteiger partial charge in [0, 0.05) is 11.7 Å². The van der Waals surface area contributed by atoms with Crippen molar-refractivity contribution in [1.29, 1.82) is 0 Å². The average molecular weight is 251 g/mol. The van der Waals surface area contributed by atoms with E-state index in [0.29, 0.717) is 6.04 Å². The third kappa shape index (κ3) is 3.84. The van der Waals surface area contributed by atoms with Crippen molar-refractivity contribution in [2.24, 2.45) is 0 Å². The van der Waals surface area contributed by atoms with E-state index >= 15 is 0 Å². The molecule has 0 spiro atoms. The third-order valence-corrected chi connectivity index (χ3v) is 3.23. The molecule has 0 aliphatic heterocycles. The highest BCUT2D eigenvalue weighted by molar-refractivity contribution is 5.25. The van der Waals surface area contributed by atoms with Crippen LogP contribution in [0, 0.1) is 13.8 Å². The molecule has 104 valence electrons. The summed E-state index contributed by atoms with van der Waals surface area (Å²) in [5, 5.41) is 8.16. The Labute approximate surface area is 112 Å². The maximum Gasteiger partial charge on any atom is 0.0628 e. The second kappa shape index (κ2) is 5.87. The molecule has 1 heterocycles. The molecular weight excluding hydrogens is 222 g/mol. The normalized spacial score (nSPS) is 12.4.